The molecule has 0 spiro atoms. The maximum atomic E-state index is 5.59. The summed E-state index contributed by atoms with van der Waals surface area (Å²) in [5.41, 5.74) is 0.143. The summed E-state index contributed by atoms with van der Waals surface area (Å²) in [6.45, 7) is 6.49. The van der Waals surface area contributed by atoms with Crippen LogP contribution >= 0.6 is 0 Å². The van der Waals surface area contributed by atoms with Gasteiger partial charge in [0.2, 0.25) is 0 Å². The highest BCUT2D eigenvalue weighted by Crippen LogP contribution is 2.23. The predicted molar refractivity (Wildman–Crippen MR) is 48.3 cm³/mol. The van der Waals surface area contributed by atoms with Gasteiger partial charge in [-0.05, 0) is 27.9 Å². The SMILES string of the molecule is CC(C)OCC1(N(C)C)COC1. The van der Waals surface area contributed by atoms with E-state index in [1.807, 2.05) is 0 Å². The zero-order valence-corrected chi connectivity index (χ0v) is 8.46. The normalized spacial score (nSPS) is 21.5. The second kappa shape index (κ2) is 3.73. The Labute approximate surface area is 74.6 Å². The van der Waals surface area contributed by atoms with Crippen molar-refractivity contribution in [1.82, 2.24) is 4.90 Å². The average molecular weight is 173 g/mol. The molecule has 0 radical (unpaired) electrons. The summed E-state index contributed by atoms with van der Waals surface area (Å²) in [5, 5.41) is 0. The third-order valence-corrected chi connectivity index (χ3v) is 2.38. The summed E-state index contributed by atoms with van der Waals surface area (Å²) in [7, 11) is 4.15. The fraction of sp³-hybridized carbons (Fsp3) is 1.00. The summed E-state index contributed by atoms with van der Waals surface area (Å²) in [5.74, 6) is 0. The third kappa shape index (κ3) is 1.97. The molecule has 1 aliphatic heterocycles. The number of hydrogen-bond donors (Lipinski definition) is 0. The quantitative estimate of drug-likeness (QED) is 0.626. The molecule has 12 heavy (non-hydrogen) atoms. The van der Waals surface area contributed by atoms with E-state index in [-0.39, 0.29) is 5.54 Å². The average Bonchev–Trinajstić information content (AvgIpc) is 1.83. The van der Waals surface area contributed by atoms with Crippen molar-refractivity contribution in [2.24, 2.45) is 0 Å². The minimum Gasteiger partial charge on any atom is -0.377 e. The fourth-order valence-corrected chi connectivity index (χ4v) is 1.13. The van der Waals surface area contributed by atoms with Crippen LogP contribution in [0, 0.1) is 0 Å². The van der Waals surface area contributed by atoms with Gasteiger partial charge in [-0.3, -0.25) is 4.90 Å². The van der Waals surface area contributed by atoms with E-state index in [2.05, 4.69) is 32.8 Å². The summed E-state index contributed by atoms with van der Waals surface area (Å²) >= 11 is 0. The molecule has 72 valence electrons. The lowest BCUT2D eigenvalue weighted by molar-refractivity contribution is -0.162. The molecule has 1 aliphatic rings. The lowest BCUT2D eigenvalue weighted by atomic mass is 9.97. The van der Waals surface area contributed by atoms with Crippen molar-refractivity contribution in [3.05, 3.63) is 0 Å². The minimum atomic E-state index is 0.143. The molecule has 0 atom stereocenters. The fourth-order valence-electron chi connectivity index (χ4n) is 1.13. The van der Waals surface area contributed by atoms with Crippen molar-refractivity contribution in [3.63, 3.8) is 0 Å². The summed E-state index contributed by atoms with van der Waals surface area (Å²) in [6, 6.07) is 0. The minimum absolute atomic E-state index is 0.143. The first kappa shape index (κ1) is 9.96. The Hall–Kier alpha value is -0.120. The van der Waals surface area contributed by atoms with E-state index in [0.29, 0.717) is 6.10 Å². The number of likely N-dealkylation sites (N-methyl/N-ethyl adjacent to an activating group) is 1. The Morgan fingerprint density at radius 2 is 2.00 bits per heavy atom. The van der Waals surface area contributed by atoms with Crippen LogP contribution in [0.2, 0.25) is 0 Å². The monoisotopic (exact) mass is 173 g/mol. The summed E-state index contributed by atoms with van der Waals surface area (Å²) in [4.78, 5) is 2.19. The lowest BCUT2D eigenvalue weighted by Gasteiger charge is -2.46. The number of hydrogen-bond acceptors (Lipinski definition) is 3. The lowest BCUT2D eigenvalue weighted by Crippen LogP contribution is -2.62. The third-order valence-electron chi connectivity index (χ3n) is 2.38. The molecule has 1 fully saturated rings. The molecular weight excluding hydrogens is 154 g/mol. The topological polar surface area (TPSA) is 21.7 Å². The van der Waals surface area contributed by atoms with E-state index in [1.54, 1.807) is 0 Å². The van der Waals surface area contributed by atoms with Gasteiger partial charge in [0.1, 0.15) is 0 Å². The van der Waals surface area contributed by atoms with E-state index in [4.69, 9.17) is 9.47 Å². The second-order valence-corrected chi connectivity index (χ2v) is 3.97. The van der Waals surface area contributed by atoms with Crippen LogP contribution in [0.25, 0.3) is 0 Å². The largest absolute Gasteiger partial charge is 0.377 e. The van der Waals surface area contributed by atoms with Gasteiger partial charge in [-0.25, -0.2) is 0 Å². The predicted octanol–water partition coefficient (Wildman–Crippen LogP) is 0.742. The maximum absolute atomic E-state index is 5.59. The van der Waals surface area contributed by atoms with Crippen LogP contribution < -0.4 is 0 Å². The Morgan fingerprint density at radius 1 is 1.42 bits per heavy atom. The molecule has 3 heteroatoms. The molecule has 0 saturated carbocycles. The smallest absolute Gasteiger partial charge is 0.0909 e. The molecular formula is C9H19NO2. The van der Waals surface area contributed by atoms with Crippen molar-refractivity contribution in [2.45, 2.75) is 25.5 Å². The van der Waals surface area contributed by atoms with Crippen molar-refractivity contribution in [3.8, 4) is 0 Å². The van der Waals surface area contributed by atoms with Crippen LogP contribution in [0.1, 0.15) is 13.8 Å². The van der Waals surface area contributed by atoms with E-state index in [1.165, 1.54) is 0 Å². The molecule has 0 aromatic rings. The maximum Gasteiger partial charge on any atom is 0.0909 e. The van der Waals surface area contributed by atoms with Crippen LogP contribution in [0.3, 0.4) is 0 Å². The zero-order chi connectivity index (χ0) is 9.19. The molecule has 0 aromatic heterocycles. The summed E-state index contributed by atoms with van der Waals surface area (Å²) in [6.07, 6.45) is 0.308. The Balaban J connectivity index is 2.35. The molecule has 1 rings (SSSR count). The van der Waals surface area contributed by atoms with E-state index in [0.717, 1.165) is 19.8 Å². The van der Waals surface area contributed by atoms with Gasteiger partial charge in [0.25, 0.3) is 0 Å². The first-order valence-corrected chi connectivity index (χ1v) is 4.44. The standard InChI is InChI=1S/C9H19NO2/c1-8(2)12-7-9(10(3)4)5-11-6-9/h8H,5-7H2,1-4H3. The van der Waals surface area contributed by atoms with Gasteiger partial charge in [-0.15, -0.1) is 0 Å². The highest BCUT2D eigenvalue weighted by atomic mass is 16.5. The van der Waals surface area contributed by atoms with Crippen molar-refractivity contribution >= 4 is 0 Å². The van der Waals surface area contributed by atoms with Crippen molar-refractivity contribution in [1.29, 1.82) is 0 Å². The van der Waals surface area contributed by atoms with Gasteiger partial charge in [-0.1, -0.05) is 0 Å². The summed E-state index contributed by atoms with van der Waals surface area (Å²) < 4.78 is 10.8. The first-order valence-electron chi connectivity index (χ1n) is 4.44. The molecule has 0 amide bonds. The molecule has 0 aliphatic carbocycles. The molecule has 0 bridgehead atoms. The Kier molecular flexibility index (Phi) is 3.09. The first-order chi connectivity index (χ1) is 5.57. The van der Waals surface area contributed by atoms with Gasteiger partial charge >= 0.3 is 0 Å². The van der Waals surface area contributed by atoms with Crippen LogP contribution in [-0.2, 0) is 9.47 Å². The van der Waals surface area contributed by atoms with E-state index >= 15 is 0 Å². The van der Waals surface area contributed by atoms with Gasteiger partial charge in [0.05, 0.1) is 31.5 Å². The van der Waals surface area contributed by atoms with Crippen LogP contribution in [0.4, 0.5) is 0 Å². The molecule has 0 unspecified atom stereocenters. The second-order valence-electron chi connectivity index (χ2n) is 3.97. The zero-order valence-electron chi connectivity index (χ0n) is 8.46. The molecule has 1 saturated heterocycles. The van der Waals surface area contributed by atoms with Crippen molar-refractivity contribution < 1.29 is 9.47 Å². The van der Waals surface area contributed by atoms with E-state index in [9.17, 15) is 0 Å². The Morgan fingerprint density at radius 3 is 2.25 bits per heavy atom. The van der Waals surface area contributed by atoms with Crippen LogP contribution in [0.15, 0.2) is 0 Å². The van der Waals surface area contributed by atoms with Gasteiger partial charge in [0, 0.05) is 0 Å². The number of rotatable bonds is 4. The Bertz CT molecular complexity index is 141. The number of ether oxygens (including phenoxy) is 2. The van der Waals surface area contributed by atoms with E-state index < -0.39 is 0 Å². The van der Waals surface area contributed by atoms with Gasteiger partial charge < -0.3 is 9.47 Å². The molecule has 3 nitrogen and oxygen atoms in total. The molecule has 1 heterocycles. The number of nitrogens with zero attached hydrogens (tertiary/aromatic N) is 1. The molecule has 0 aromatic carbocycles. The van der Waals surface area contributed by atoms with Gasteiger partial charge in [0.15, 0.2) is 0 Å². The van der Waals surface area contributed by atoms with Crippen LogP contribution in [-0.4, -0.2) is 50.5 Å². The van der Waals surface area contributed by atoms with Gasteiger partial charge in [-0.2, -0.15) is 0 Å². The van der Waals surface area contributed by atoms with Crippen molar-refractivity contribution in [2.75, 3.05) is 33.9 Å². The highest BCUT2D eigenvalue weighted by Gasteiger charge is 2.41. The highest BCUT2D eigenvalue weighted by molar-refractivity contribution is 4.94. The van der Waals surface area contributed by atoms with Crippen LogP contribution in [0.5, 0.6) is 0 Å². The molecule has 0 N–H and O–H groups in total.